The van der Waals surface area contributed by atoms with Crippen LogP contribution in [0.2, 0.25) is 0 Å². The summed E-state index contributed by atoms with van der Waals surface area (Å²) in [6, 6.07) is 0. The average molecular weight is 382 g/mol. The van der Waals surface area contributed by atoms with E-state index in [1.54, 1.807) is 0 Å². The Morgan fingerprint density at radius 2 is 0.750 bits per heavy atom. The molecule has 0 radical (unpaired) electrons. The minimum atomic E-state index is -0.0445. The highest BCUT2D eigenvalue weighted by Crippen LogP contribution is 2.59. The first kappa shape index (κ1) is 24.7. The number of aliphatic hydroxyl groups excluding tert-OH is 4. The summed E-state index contributed by atoms with van der Waals surface area (Å²) < 4.78 is 0. The largest absolute Gasteiger partial charge is 0.396 e. The number of rotatable bonds is 18. The second-order valence-electron chi connectivity index (χ2n) is 6.43. The summed E-state index contributed by atoms with van der Waals surface area (Å²) in [5.41, 5.74) is 0. The van der Waals surface area contributed by atoms with Crippen molar-refractivity contribution < 1.29 is 20.4 Å². The van der Waals surface area contributed by atoms with E-state index in [2.05, 4.69) is 6.92 Å². The first-order valence-electron chi connectivity index (χ1n) is 9.62. The second-order valence-corrected chi connectivity index (χ2v) is 12.5. The first-order valence-corrected chi connectivity index (χ1v) is 13.2. The van der Waals surface area contributed by atoms with Crippen LogP contribution >= 0.6 is 15.8 Å². The summed E-state index contributed by atoms with van der Waals surface area (Å²) >= 11 is 0. The van der Waals surface area contributed by atoms with Gasteiger partial charge in [0.05, 0.1) is 0 Å². The minimum Gasteiger partial charge on any atom is -0.396 e. The van der Waals surface area contributed by atoms with Crippen LogP contribution in [0.5, 0.6) is 0 Å². The smallest absolute Gasteiger partial charge is 0.0431 e. The number of aliphatic hydroxyl groups is 4. The van der Waals surface area contributed by atoms with Crippen LogP contribution in [0.1, 0.15) is 58.3 Å². The van der Waals surface area contributed by atoms with Gasteiger partial charge >= 0.3 is 0 Å². The van der Waals surface area contributed by atoms with E-state index in [4.69, 9.17) is 20.4 Å². The van der Waals surface area contributed by atoms with Crippen molar-refractivity contribution in [2.45, 2.75) is 63.7 Å². The Bertz CT molecular complexity index is 213. The molecule has 6 heteroatoms. The van der Waals surface area contributed by atoms with Crippen molar-refractivity contribution in [3.05, 3.63) is 0 Å². The third-order valence-corrected chi connectivity index (χ3v) is 12.1. The zero-order chi connectivity index (χ0) is 18.0. The molecule has 0 unspecified atom stereocenters. The van der Waals surface area contributed by atoms with E-state index in [1.807, 2.05) is 0 Å². The van der Waals surface area contributed by atoms with Crippen molar-refractivity contribution in [1.82, 2.24) is 0 Å². The standard InChI is InChI=1S/C18H40O4P2/c1-18(23(14-6-2-10-19)15-7-3-11-20)24(16-8-4-12-21)17-9-5-13-22/h18-22H,2-17H2,1H3. The highest BCUT2D eigenvalue weighted by molar-refractivity contribution is 7.75. The lowest BCUT2D eigenvalue weighted by Gasteiger charge is -2.33. The van der Waals surface area contributed by atoms with Gasteiger partial charge in [-0.15, -0.1) is 0 Å². The fourth-order valence-corrected chi connectivity index (χ4v) is 10.6. The molecule has 0 aromatic rings. The first-order chi connectivity index (χ1) is 11.7. The summed E-state index contributed by atoms with van der Waals surface area (Å²) in [6.45, 7) is 3.57. The van der Waals surface area contributed by atoms with Crippen molar-refractivity contribution >= 4 is 15.8 Å². The SMILES string of the molecule is CC(P(CCCCO)CCCCO)P(CCCCO)CCCCO. The molecule has 0 amide bonds. The summed E-state index contributed by atoms with van der Waals surface area (Å²) in [7, 11) is -0.0890. The molecule has 0 heterocycles. The van der Waals surface area contributed by atoms with Crippen LogP contribution in [-0.2, 0) is 0 Å². The molecular weight excluding hydrogens is 342 g/mol. The van der Waals surface area contributed by atoms with Gasteiger partial charge in [-0.25, -0.2) is 0 Å². The summed E-state index contributed by atoms with van der Waals surface area (Å²) in [6.07, 6.45) is 13.0. The number of hydrogen-bond acceptors (Lipinski definition) is 4. The van der Waals surface area contributed by atoms with Gasteiger partial charge in [-0.3, -0.25) is 0 Å². The van der Waals surface area contributed by atoms with E-state index in [0.29, 0.717) is 0 Å². The van der Waals surface area contributed by atoms with Crippen molar-refractivity contribution in [3.8, 4) is 0 Å². The lowest BCUT2D eigenvalue weighted by Crippen LogP contribution is -2.10. The molecule has 0 saturated heterocycles. The third kappa shape index (κ3) is 13.0. The van der Waals surface area contributed by atoms with Crippen molar-refractivity contribution in [1.29, 1.82) is 0 Å². The quantitative estimate of drug-likeness (QED) is 0.216. The molecule has 0 aromatic heterocycles. The van der Waals surface area contributed by atoms with Gasteiger partial charge in [0, 0.05) is 26.4 Å². The molecule has 0 aromatic carbocycles. The van der Waals surface area contributed by atoms with E-state index >= 15 is 0 Å². The van der Waals surface area contributed by atoms with Crippen LogP contribution in [-0.4, -0.2) is 76.9 Å². The van der Waals surface area contributed by atoms with Crippen molar-refractivity contribution in [2.24, 2.45) is 0 Å². The molecule has 0 aliphatic carbocycles. The molecule has 0 fully saturated rings. The van der Waals surface area contributed by atoms with E-state index < -0.39 is 0 Å². The molecular formula is C18H40O4P2. The van der Waals surface area contributed by atoms with E-state index in [-0.39, 0.29) is 42.3 Å². The highest BCUT2D eigenvalue weighted by Gasteiger charge is 2.23. The van der Waals surface area contributed by atoms with E-state index in [1.165, 1.54) is 24.6 Å². The molecule has 0 bridgehead atoms. The van der Waals surface area contributed by atoms with Crippen LogP contribution in [0, 0.1) is 0 Å². The molecule has 4 nitrogen and oxygen atoms in total. The van der Waals surface area contributed by atoms with E-state index in [9.17, 15) is 0 Å². The van der Waals surface area contributed by atoms with Gasteiger partial charge in [0.2, 0.25) is 0 Å². The molecule has 0 saturated carbocycles. The van der Waals surface area contributed by atoms with Gasteiger partial charge in [0.25, 0.3) is 0 Å². The number of unbranched alkanes of at least 4 members (excludes halogenated alkanes) is 4. The summed E-state index contributed by atoms with van der Waals surface area (Å²) in [5.74, 6) is 0. The molecule has 0 aliphatic heterocycles. The predicted molar refractivity (Wildman–Crippen MR) is 108 cm³/mol. The topological polar surface area (TPSA) is 80.9 Å². The van der Waals surface area contributed by atoms with Gasteiger partial charge in [-0.2, -0.15) is 0 Å². The van der Waals surface area contributed by atoms with Crippen LogP contribution < -0.4 is 0 Å². The summed E-state index contributed by atoms with van der Waals surface area (Å²) in [5, 5.41) is 37.0. The van der Waals surface area contributed by atoms with Gasteiger partial charge in [-0.1, -0.05) is 22.8 Å². The Kier molecular flexibility index (Phi) is 19.0. The lowest BCUT2D eigenvalue weighted by atomic mass is 10.4. The maximum absolute atomic E-state index is 9.06. The zero-order valence-corrected chi connectivity index (χ0v) is 17.4. The third-order valence-electron chi connectivity index (χ3n) is 4.47. The van der Waals surface area contributed by atoms with Crippen LogP contribution in [0.3, 0.4) is 0 Å². The monoisotopic (exact) mass is 382 g/mol. The maximum atomic E-state index is 9.06. The second kappa shape index (κ2) is 18.5. The Morgan fingerprint density at radius 3 is 0.958 bits per heavy atom. The molecule has 0 spiro atoms. The Morgan fingerprint density at radius 1 is 0.500 bits per heavy atom. The average Bonchev–Trinajstić information content (AvgIpc) is 2.59. The molecule has 146 valence electrons. The van der Waals surface area contributed by atoms with Crippen molar-refractivity contribution in [2.75, 3.05) is 51.1 Å². The van der Waals surface area contributed by atoms with Crippen LogP contribution in [0.15, 0.2) is 0 Å². The van der Waals surface area contributed by atoms with Crippen molar-refractivity contribution in [3.63, 3.8) is 0 Å². The zero-order valence-electron chi connectivity index (χ0n) is 15.6. The Hall–Kier alpha value is 0.700. The van der Waals surface area contributed by atoms with Crippen LogP contribution in [0.4, 0.5) is 0 Å². The van der Waals surface area contributed by atoms with Gasteiger partial charge < -0.3 is 20.4 Å². The molecule has 24 heavy (non-hydrogen) atoms. The van der Waals surface area contributed by atoms with Gasteiger partial charge in [-0.05, 0) is 81.4 Å². The van der Waals surface area contributed by atoms with Gasteiger partial charge in [0.15, 0.2) is 0 Å². The molecule has 0 atom stereocenters. The fraction of sp³-hybridized carbons (Fsp3) is 1.00. The fourth-order valence-electron chi connectivity index (χ4n) is 2.91. The molecule has 0 aliphatic rings. The Labute approximate surface area is 151 Å². The van der Waals surface area contributed by atoms with Gasteiger partial charge in [0.1, 0.15) is 0 Å². The molecule has 0 rings (SSSR count). The van der Waals surface area contributed by atoms with E-state index in [0.717, 1.165) is 56.8 Å². The Balaban J connectivity index is 4.61. The maximum Gasteiger partial charge on any atom is 0.0431 e. The molecule has 4 N–H and O–H groups in total. The highest BCUT2D eigenvalue weighted by atomic mass is 31.2. The summed E-state index contributed by atoms with van der Waals surface area (Å²) in [4.78, 5) is 0. The minimum absolute atomic E-state index is 0.0445. The lowest BCUT2D eigenvalue weighted by molar-refractivity contribution is 0.286. The predicted octanol–water partition coefficient (Wildman–Crippen LogP) is 3.39. The normalized spacial score (nSPS) is 12.0. The van der Waals surface area contributed by atoms with Crippen LogP contribution in [0.25, 0.3) is 0 Å². The number of hydrogen-bond donors (Lipinski definition) is 4.